The Morgan fingerprint density at radius 2 is 1.79 bits per heavy atom. The number of aryl methyl sites for hydroxylation is 2. The quantitative estimate of drug-likeness (QED) is 0.830. The van der Waals surface area contributed by atoms with Gasteiger partial charge in [-0.15, -0.1) is 0 Å². The fourth-order valence-electron chi connectivity index (χ4n) is 2.14. The van der Waals surface area contributed by atoms with Crippen molar-refractivity contribution in [2.24, 2.45) is 0 Å². The van der Waals surface area contributed by atoms with Crippen LogP contribution in [0.15, 0.2) is 30.3 Å². The highest BCUT2D eigenvalue weighted by molar-refractivity contribution is 5.96. The molecule has 24 heavy (non-hydrogen) atoms. The predicted molar refractivity (Wildman–Crippen MR) is 88.7 cm³/mol. The molecule has 2 N–H and O–H groups in total. The second-order valence-electron chi connectivity index (χ2n) is 5.24. The van der Waals surface area contributed by atoms with E-state index in [0.29, 0.717) is 23.7 Å². The lowest BCUT2D eigenvalue weighted by Crippen LogP contribution is -2.36. The molecule has 0 aliphatic rings. The Morgan fingerprint density at radius 1 is 1.08 bits per heavy atom. The van der Waals surface area contributed by atoms with Crippen molar-refractivity contribution in [3.8, 4) is 5.75 Å². The van der Waals surface area contributed by atoms with Gasteiger partial charge in [-0.25, -0.2) is 9.97 Å². The number of carbonyl (C=O) groups excluding carboxylic acids is 2. The lowest BCUT2D eigenvalue weighted by atomic mass is 10.2. The number of carbonyl (C=O) groups is 2. The summed E-state index contributed by atoms with van der Waals surface area (Å²) in [7, 11) is 1.56. The molecule has 2 aromatic rings. The number of nitrogens with zero attached hydrogens (tertiary/aromatic N) is 2. The van der Waals surface area contributed by atoms with Gasteiger partial charge in [-0.2, -0.15) is 0 Å². The van der Waals surface area contributed by atoms with Crippen LogP contribution >= 0.6 is 0 Å². The van der Waals surface area contributed by atoms with E-state index in [0.717, 1.165) is 11.4 Å². The van der Waals surface area contributed by atoms with Crippen molar-refractivity contribution in [2.75, 3.05) is 13.7 Å². The van der Waals surface area contributed by atoms with Gasteiger partial charge < -0.3 is 15.4 Å². The Labute approximate surface area is 140 Å². The third-order valence-electron chi connectivity index (χ3n) is 3.25. The molecule has 126 valence electrons. The van der Waals surface area contributed by atoms with Crippen molar-refractivity contribution in [3.63, 3.8) is 0 Å². The summed E-state index contributed by atoms with van der Waals surface area (Å²) in [6.07, 6.45) is 0. The molecule has 7 nitrogen and oxygen atoms in total. The zero-order valence-electron chi connectivity index (χ0n) is 13.9. The van der Waals surface area contributed by atoms with E-state index in [1.807, 2.05) is 13.0 Å². The smallest absolute Gasteiger partial charge is 0.251 e. The Hall–Kier alpha value is -2.96. The van der Waals surface area contributed by atoms with Crippen molar-refractivity contribution in [1.29, 1.82) is 0 Å². The fourth-order valence-corrected chi connectivity index (χ4v) is 2.14. The maximum absolute atomic E-state index is 12.0. The first-order chi connectivity index (χ1) is 11.5. The predicted octanol–water partition coefficient (Wildman–Crippen LogP) is 1.15. The molecule has 0 spiro atoms. The Bertz CT molecular complexity index is 709. The van der Waals surface area contributed by atoms with Gasteiger partial charge in [-0.3, -0.25) is 9.59 Å². The molecule has 0 radical (unpaired) electrons. The average Bonchev–Trinajstić information content (AvgIpc) is 2.57. The number of benzene rings is 1. The third-order valence-corrected chi connectivity index (χ3v) is 3.25. The Kier molecular flexibility index (Phi) is 5.83. The molecule has 2 amide bonds. The molecule has 7 heteroatoms. The topological polar surface area (TPSA) is 93.2 Å². The van der Waals surface area contributed by atoms with E-state index >= 15 is 0 Å². The van der Waals surface area contributed by atoms with Crippen LogP contribution in [0.3, 0.4) is 0 Å². The molecule has 0 saturated heterocycles. The van der Waals surface area contributed by atoms with Crippen LogP contribution in [0.2, 0.25) is 0 Å². The number of methoxy groups -OCH3 is 1. The molecule has 1 heterocycles. The van der Waals surface area contributed by atoms with Gasteiger partial charge in [-0.05, 0) is 44.2 Å². The van der Waals surface area contributed by atoms with Crippen LogP contribution in [0.5, 0.6) is 5.75 Å². The molecule has 0 aliphatic heterocycles. The third kappa shape index (κ3) is 5.05. The zero-order chi connectivity index (χ0) is 17.5. The van der Waals surface area contributed by atoms with Gasteiger partial charge in [0.2, 0.25) is 5.91 Å². The van der Waals surface area contributed by atoms with E-state index < -0.39 is 0 Å². The minimum Gasteiger partial charge on any atom is -0.497 e. The highest BCUT2D eigenvalue weighted by Gasteiger charge is 2.08. The SMILES string of the molecule is COc1ccc(C(=O)NCC(=O)NCc2cc(C)nc(C)n2)cc1. The molecule has 0 saturated carbocycles. The van der Waals surface area contributed by atoms with Gasteiger partial charge in [0, 0.05) is 11.3 Å². The number of nitrogens with one attached hydrogen (secondary N) is 2. The molecule has 0 unspecified atom stereocenters. The van der Waals surface area contributed by atoms with Gasteiger partial charge in [0.25, 0.3) is 5.91 Å². The lowest BCUT2D eigenvalue weighted by Gasteiger charge is -2.08. The van der Waals surface area contributed by atoms with Crippen molar-refractivity contribution in [1.82, 2.24) is 20.6 Å². The molecule has 2 rings (SSSR count). The summed E-state index contributed by atoms with van der Waals surface area (Å²) < 4.78 is 5.03. The number of hydrogen-bond acceptors (Lipinski definition) is 5. The number of aromatic nitrogens is 2. The van der Waals surface area contributed by atoms with Gasteiger partial charge in [0.15, 0.2) is 0 Å². The number of amides is 2. The summed E-state index contributed by atoms with van der Waals surface area (Å²) in [4.78, 5) is 32.2. The summed E-state index contributed by atoms with van der Waals surface area (Å²) in [5, 5.41) is 5.29. The molecule has 0 fully saturated rings. The first kappa shape index (κ1) is 17.4. The zero-order valence-corrected chi connectivity index (χ0v) is 13.9. The highest BCUT2D eigenvalue weighted by Crippen LogP contribution is 2.10. The van der Waals surface area contributed by atoms with Crippen LogP contribution in [0.1, 0.15) is 27.6 Å². The van der Waals surface area contributed by atoms with Gasteiger partial charge in [0.1, 0.15) is 11.6 Å². The molecule has 0 bridgehead atoms. The standard InChI is InChI=1S/C17H20N4O3/c1-11-8-14(21-12(2)20-11)9-18-16(22)10-19-17(23)13-4-6-15(24-3)7-5-13/h4-8H,9-10H2,1-3H3,(H,18,22)(H,19,23). The van der Waals surface area contributed by atoms with Crippen LogP contribution in [0.25, 0.3) is 0 Å². The molecular weight excluding hydrogens is 308 g/mol. The minimum absolute atomic E-state index is 0.103. The fraction of sp³-hybridized carbons (Fsp3) is 0.294. The van der Waals surface area contributed by atoms with Gasteiger partial charge in [0.05, 0.1) is 25.9 Å². The number of ether oxygens (including phenoxy) is 1. The second-order valence-corrected chi connectivity index (χ2v) is 5.24. The van der Waals surface area contributed by atoms with E-state index in [-0.39, 0.29) is 18.4 Å². The summed E-state index contributed by atoms with van der Waals surface area (Å²) >= 11 is 0. The first-order valence-corrected chi connectivity index (χ1v) is 7.48. The average molecular weight is 328 g/mol. The maximum atomic E-state index is 12.0. The lowest BCUT2D eigenvalue weighted by molar-refractivity contribution is -0.120. The van der Waals surface area contributed by atoms with E-state index in [1.54, 1.807) is 38.3 Å². The molecule has 1 aromatic heterocycles. The van der Waals surface area contributed by atoms with E-state index in [9.17, 15) is 9.59 Å². The van der Waals surface area contributed by atoms with Crippen molar-refractivity contribution in [2.45, 2.75) is 20.4 Å². The van der Waals surface area contributed by atoms with Crippen LogP contribution < -0.4 is 15.4 Å². The van der Waals surface area contributed by atoms with Crippen molar-refractivity contribution in [3.05, 3.63) is 53.1 Å². The molecule has 1 aromatic carbocycles. The van der Waals surface area contributed by atoms with Gasteiger partial charge >= 0.3 is 0 Å². The normalized spacial score (nSPS) is 10.1. The Balaban J connectivity index is 1.80. The van der Waals surface area contributed by atoms with Gasteiger partial charge in [-0.1, -0.05) is 0 Å². The second kappa shape index (κ2) is 8.05. The molecule has 0 aliphatic carbocycles. The minimum atomic E-state index is -0.318. The maximum Gasteiger partial charge on any atom is 0.251 e. The summed E-state index contributed by atoms with van der Waals surface area (Å²) in [5.74, 6) is 0.721. The summed E-state index contributed by atoms with van der Waals surface area (Å²) in [5.41, 5.74) is 2.04. The summed E-state index contributed by atoms with van der Waals surface area (Å²) in [6.45, 7) is 3.86. The van der Waals surface area contributed by atoms with E-state index in [1.165, 1.54) is 0 Å². The number of hydrogen-bond donors (Lipinski definition) is 2. The van der Waals surface area contributed by atoms with Crippen molar-refractivity contribution < 1.29 is 14.3 Å². The summed E-state index contributed by atoms with van der Waals surface area (Å²) in [6, 6.07) is 8.46. The van der Waals surface area contributed by atoms with Crippen molar-refractivity contribution >= 4 is 11.8 Å². The van der Waals surface area contributed by atoms with Crippen LogP contribution in [0.4, 0.5) is 0 Å². The highest BCUT2D eigenvalue weighted by atomic mass is 16.5. The van der Waals surface area contributed by atoms with E-state index in [4.69, 9.17) is 4.74 Å². The first-order valence-electron chi connectivity index (χ1n) is 7.48. The molecule has 0 atom stereocenters. The Morgan fingerprint density at radius 3 is 2.42 bits per heavy atom. The van der Waals surface area contributed by atoms with E-state index in [2.05, 4.69) is 20.6 Å². The molecular formula is C17H20N4O3. The monoisotopic (exact) mass is 328 g/mol. The van der Waals surface area contributed by atoms with Crippen LogP contribution in [-0.2, 0) is 11.3 Å². The van der Waals surface area contributed by atoms with Crippen LogP contribution in [-0.4, -0.2) is 35.4 Å². The van der Waals surface area contributed by atoms with Crippen LogP contribution in [0, 0.1) is 13.8 Å². The number of rotatable bonds is 6. The largest absolute Gasteiger partial charge is 0.497 e.